The molecule has 156 valence electrons. The van der Waals surface area contributed by atoms with E-state index in [0.717, 1.165) is 5.69 Å². The molecular weight excluding hydrogens is 432 g/mol. The van der Waals surface area contributed by atoms with E-state index in [4.69, 9.17) is 16.6 Å². The van der Waals surface area contributed by atoms with E-state index < -0.39 is 4.92 Å². The summed E-state index contributed by atoms with van der Waals surface area (Å²) in [6.07, 6.45) is 1.66. The number of hydrogen-bond donors (Lipinski definition) is 0. The third-order valence-corrected chi connectivity index (χ3v) is 6.18. The molecule has 8 heteroatoms. The van der Waals surface area contributed by atoms with Gasteiger partial charge < -0.3 is 4.42 Å². The van der Waals surface area contributed by atoms with Crippen LogP contribution < -0.4 is 4.90 Å². The first kappa shape index (κ1) is 21.0. The molecule has 1 saturated heterocycles. The molecule has 3 aromatic rings. The van der Waals surface area contributed by atoms with Gasteiger partial charge in [0.1, 0.15) is 11.5 Å². The summed E-state index contributed by atoms with van der Waals surface area (Å²) < 4.78 is 6.29. The molecule has 0 atom stereocenters. The molecule has 1 fully saturated rings. The van der Waals surface area contributed by atoms with E-state index in [1.807, 2.05) is 24.3 Å². The number of rotatable bonds is 5. The van der Waals surface area contributed by atoms with Crippen LogP contribution in [0.25, 0.3) is 17.4 Å². The second kappa shape index (κ2) is 8.49. The number of thiocarbonyl (C=S) groups is 1. The normalized spacial score (nSPS) is 15.3. The Labute approximate surface area is 188 Å². The fourth-order valence-corrected chi connectivity index (χ4v) is 4.44. The van der Waals surface area contributed by atoms with Gasteiger partial charge in [0.15, 0.2) is 4.32 Å². The molecule has 0 aliphatic carbocycles. The number of nitrogens with zero attached hydrogens (tertiary/aromatic N) is 2. The monoisotopic (exact) mass is 450 g/mol. The van der Waals surface area contributed by atoms with Crippen LogP contribution in [0, 0.1) is 10.1 Å². The molecule has 1 aromatic heterocycles. The van der Waals surface area contributed by atoms with Crippen molar-refractivity contribution in [2.45, 2.75) is 19.8 Å². The number of thioether (sulfide) groups is 1. The molecule has 0 saturated carbocycles. The maximum Gasteiger partial charge on any atom is 0.270 e. The third kappa shape index (κ3) is 4.30. The quantitative estimate of drug-likeness (QED) is 0.194. The Morgan fingerprint density at radius 2 is 1.74 bits per heavy atom. The smallest absolute Gasteiger partial charge is 0.270 e. The minimum Gasteiger partial charge on any atom is -0.457 e. The molecule has 1 aliphatic heterocycles. The van der Waals surface area contributed by atoms with Crippen molar-refractivity contribution in [2.75, 3.05) is 4.90 Å². The van der Waals surface area contributed by atoms with E-state index >= 15 is 0 Å². The molecule has 1 amide bonds. The number of hydrogen-bond acceptors (Lipinski definition) is 6. The number of nitro benzene ring substituents is 1. The zero-order valence-electron chi connectivity index (χ0n) is 16.8. The summed E-state index contributed by atoms with van der Waals surface area (Å²) in [5, 5.41) is 10.8. The Bertz CT molecular complexity index is 1200. The Hall–Kier alpha value is -3.23. The van der Waals surface area contributed by atoms with Gasteiger partial charge in [-0.15, -0.1) is 0 Å². The molecule has 31 heavy (non-hydrogen) atoms. The van der Waals surface area contributed by atoms with Crippen molar-refractivity contribution < 1.29 is 14.1 Å². The van der Waals surface area contributed by atoms with E-state index in [9.17, 15) is 14.9 Å². The standard InChI is InChI=1S/C23H18N2O4S2/c1-14(2)15-3-7-17(8-4-15)24-22(26)21(31-23(24)30)13-19-11-12-20(29-19)16-5-9-18(10-6-16)25(27)28/h3-14H,1-2H3/b21-13+. The number of anilines is 1. The van der Waals surface area contributed by atoms with Crippen LogP contribution in [0.1, 0.15) is 31.1 Å². The van der Waals surface area contributed by atoms with E-state index in [-0.39, 0.29) is 11.6 Å². The van der Waals surface area contributed by atoms with Crippen molar-refractivity contribution in [2.24, 2.45) is 0 Å². The molecule has 1 aliphatic rings. The third-order valence-electron chi connectivity index (χ3n) is 4.87. The lowest BCUT2D eigenvalue weighted by Crippen LogP contribution is -2.27. The van der Waals surface area contributed by atoms with Gasteiger partial charge in [-0.2, -0.15) is 0 Å². The predicted octanol–water partition coefficient (Wildman–Crippen LogP) is 6.38. The van der Waals surface area contributed by atoms with Gasteiger partial charge in [-0.1, -0.05) is 50.0 Å². The fraction of sp³-hybridized carbons (Fsp3) is 0.130. The SMILES string of the molecule is CC(C)c1ccc(N2C(=O)/C(=C\c3ccc(-c4ccc([N+](=O)[O-])cc4)o3)SC2=S)cc1. The van der Waals surface area contributed by atoms with Gasteiger partial charge in [-0.05, 0) is 47.9 Å². The maximum atomic E-state index is 13.0. The van der Waals surface area contributed by atoms with Crippen molar-refractivity contribution in [3.8, 4) is 11.3 Å². The Morgan fingerprint density at radius 1 is 1.06 bits per heavy atom. The van der Waals surface area contributed by atoms with Crippen LogP contribution in [0.15, 0.2) is 70.0 Å². The van der Waals surface area contributed by atoms with Crippen LogP contribution in [0.5, 0.6) is 0 Å². The molecule has 0 N–H and O–H groups in total. The van der Waals surface area contributed by atoms with Crippen LogP contribution >= 0.6 is 24.0 Å². The van der Waals surface area contributed by atoms with Crippen molar-refractivity contribution in [1.82, 2.24) is 0 Å². The van der Waals surface area contributed by atoms with E-state index in [2.05, 4.69) is 13.8 Å². The van der Waals surface area contributed by atoms with E-state index in [1.54, 1.807) is 30.3 Å². The summed E-state index contributed by atoms with van der Waals surface area (Å²) in [6.45, 7) is 4.23. The topological polar surface area (TPSA) is 76.6 Å². The van der Waals surface area contributed by atoms with Crippen LogP contribution in [-0.4, -0.2) is 15.2 Å². The summed E-state index contributed by atoms with van der Waals surface area (Å²) in [4.78, 5) is 25.3. The average molecular weight is 451 g/mol. The molecule has 0 unspecified atom stereocenters. The van der Waals surface area contributed by atoms with Crippen molar-refractivity contribution >= 4 is 51.7 Å². The highest BCUT2D eigenvalue weighted by Crippen LogP contribution is 2.37. The molecular formula is C23H18N2O4S2. The largest absolute Gasteiger partial charge is 0.457 e. The number of nitro groups is 1. The first-order chi connectivity index (χ1) is 14.8. The second-order valence-corrected chi connectivity index (χ2v) is 8.95. The Kier molecular flexibility index (Phi) is 5.75. The van der Waals surface area contributed by atoms with Crippen molar-refractivity contribution in [3.05, 3.63) is 87.0 Å². The van der Waals surface area contributed by atoms with Gasteiger partial charge >= 0.3 is 0 Å². The van der Waals surface area contributed by atoms with Crippen LogP contribution in [-0.2, 0) is 4.79 Å². The van der Waals surface area contributed by atoms with Crippen LogP contribution in [0.2, 0.25) is 0 Å². The molecule has 2 heterocycles. The minimum atomic E-state index is -0.449. The highest BCUT2D eigenvalue weighted by molar-refractivity contribution is 8.27. The molecule has 0 spiro atoms. The van der Waals surface area contributed by atoms with E-state index in [1.165, 1.54) is 34.4 Å². The number of non-ortho nitro benzene ring substituents is 1. The lowest BCUT2D eigenvalue weighted by molar-refractivity contribution is -0.384. The average Bonchev–Trinajstić information content (AvgIpc) is 3.32. The molecule has 4 rings (SSSR count). The van der Waals surface area contributed by atoms with Crippen LogP contribution in [0.3, 0.4) is 0 Å². The summed E-state index contributed by atoms with van der Waals surface area (Å²) in [6, 6.07) is 17.4. The highest BCUT2D eigenvalue weighted by atomic mass is 32.2. The predicted molar refractivity (Wildman–Crippen MR) is 127 cm³/mol. The lowest BCUT2D eigenvalue weighted by Gasteiger charge is -2.15. The van der Waals surface area contributed by atoms with Crippen molar-refractivity contribution in [1.29, 1.82) is 0 Å². The molecule has 2 aromatic carbocycles. The first-order valence-corrected chi connectivity index (χ1v) is 10.8. The zero-order valence-corrected chi connectivity index (χ0v) is 18.4. The van der Waals surface area contributed by atoms with Gasteiger partial charge in [0, 0.05) is 23.8 Å². The number of benzene rings is 2. The number of amides is 1. The number of furan rings is 1. The highest BCUT2D eigenvalue weighted by Gasteiger charge is 2.33. The van der Waals surface area contributed by atoms with Crippen molar-refractivity contribution in [3.63, 3.8) is 0 Å². The summed E-state index contributed by atoms with van der Waals surface area (Å²) in [5.41, 5.74) is 2.66. The summed E-state index contributed by atoms with van der Waals surface area (Å²) in [5.74, 6) is 1.27. The fourth-order valence-electron chi connectivity index (χ4n) is 3.16. The lowest BCUT2D eigenvalue weighted by atomic mass is 10.0. The first-order valence-electron chi connectivity index (χ1n) is 9.56. The number of carbonyl (C=O) groups is 1. The van der Waals surface area contributed by atoms with Gasteiger partial charge in [-0.3, -0.25) is 19.8 Å². The summed E-state index contributed by atoms with van der Waals surface area (Å²) in [7, 11) is 0. The van der Waals surface area contributed by atoms with Gasteiger partial charge in [0.2, 0.25) is 0 Å². The Morgan fingerprint density at radius 3 is 2.35 bits per heavy atom. The summed E-state index contributed by atoms with van der Waals surface area (Å²) >= 11 is 6.66. The number of carbonyl (C=O) groups excluding carboxylic acids is 1. The van der Waals surface area contributed by atoms with Gasteiger partial charge in [-0.25, -0.2) is 0 Å². The molecule has 0 bridgehead atoms. The maximum absolute atomic E-state index is 13.0. The van der Waals surface area contributed by atoms with Crippen LogP contribution in [0.4, 0.5) is 11.4 Å². The second-order valence-electron chi connectivity index (χ2n) is 7.27. The van der Waals surface area contributed by atoms with E-state index in [0.29, 0.717) is 32.2 Å². The molecule has 6 nitrogen and oxygen atoms in total. The van der Waals surface area contributed by atoms with Gasteiger partial charge in [0.05, 0.1) is 15.5 Å². The Balaban J connectivity index is 1.55. The zero-order chi connectivity index (χ0) is 22.1. The minimum absolute atomic E-state index is 0.0145. The van der Waals surface area contributed by atoms with Gasteiger partial charge in [0.25, 0.3) is 11.6 Å². The molecule has 0 radical (unpaired) electrons.